The van der Waals surface area contributed by atoms with Gasteiger partial charge in [0.25, 0.3) is 0 Å². The van der Waals surface area contributed by atoms with E-state index in [0.717, 1.165) is 22.8 Å². The van der Waals surface area contributed by atoms with Gasteiger partial charge in [0.2, 0.25) is 0 Å². The molecule has 0 aliphatic carbocycles. The molecule has 0 fully saturated rings. The van der Waals surface area contributed by atoms with E-state index >= 15 is 0 Å². The lowest BCUT2D eigenvalue weighted by atomic mass is 9.97. The minimum Gasteiger partial charge on any atom is -0.457 e. The van der Waals surface area contributed by atoms with Crippen molar-refractivity contribution < 1.29 is 27.0 Å². The summed E-state index contributed by atoms with van der Waals surface area (Å²) in [7, 11) is 0. The Labute approximate surface area is 218 Å². The molecule has 0 aliphatic rings. The molecule has 0 saturated heterocycles. The summed E-state index contributed by atoms with van der Waals surface area (Å²) in [6, 6.07) is 22.7. The Morgan fingerprint density at radius 1 is 0.579 bits per heavy atom. The van der Waals surface area contributed by atoms with Crippen LogP contribution in [0.2, 0.25) is 0 Å². The SMILES string of the molecule is CC(C)(F)c1ccc(CN)cc1Oc1ccc(-c2ccc(Oc3cc(CN)ccc3C(F)(F)F)cc2)cc1. The summed E-state index contributed by atoms with van der Waals surface area (Å²) in [5, 5.41) is 0. The molecule has 0 heterocycles. The third-order valence-electron chi connectivity index (χ3n) is 6.01. The maximum atomic E-state index is 14.7. The molecule has 4 aromatic carbocycles. The Morgan fingerprint density at radius 3 is 1.34 bits per heavy atom. The smallest absolute Gasteiger partial charge is 0.419 e. The van der Waals surface area contributed by atoms with Crippen LogP contribution in [0.1, 0.15) is 36.1 Å². The number of rotatable bonds is 8. The second-order valence-electron chi connectivity index (χ2n) is 9.29. The van der Waals surface area contributed by atoms with Gasteiger partial charge in [-0.3, -0.25) is 0 Å². The summed E-state index contributed by atoms with van der Waals surface area (Å²) in [4.78, 5) is 0. The van der Waals surface area contributed by atoms with Crippen LogP contribution in [0, 0.1) is 0 Å². The summed E-state index contributed by atoms with van der Waals surface area (Å²) in [6.07, 6.45) is -4.56. The largest absolute Gasteiger partial charge is 0.457 e. The zero-order valence-corrected chi connectivity index (χ0v) is 21.0. The minimum absolute atomic E-state index is 0.0957. The van der Waals surface area contributed by atoms with Gasteiger partial charge in [-0.25, -0.2) is 4.39 Å². The fourth-order valence-electron chi connectivity index (χ4n) is 3.97. The van der Waals surface area contributed by atoms with Crippen molar-refractivity contribution >= 4 is 0 Å². The molecule has 198 valence electrons. The van der Waals surface area contributed by atoms with Gasteiger partial charge in [-0.15, -0.1) is 0 Å². The van der Waals surface area contributed by atoms with Crippen molar-refractivity contribution in [3.63, 3.8) is 0 Å². The van der Waals surface area contributed by atoms with Crippen LogP contribution in [-0.4, -0.2) is 0 Å². The molecule has 0 spiro atoms. The predicted octanol–water partition coefficient (Wildman–Crippen LogP) is 8.08. The summed E-state index contributed by atoms with van der Waals surface area (Å²) in [6.45, 7) is 3.33. The molecule has 4 nitrogen and oxygen atoms in total. The highest BCUT2D eigenvalue weighted by Gasteiger charge is 2.34. The summed E-state index contributed by atoms with van der Waals surface area (Å²) in [5.74, 6) is 0.873. The zero-order chi connectivity index (χ0) is 27.5. The van der Waals surface area contributed by atoms with Crippen LogP contribution in [-0.2, 0) is 24.9 Å². The number of ether oxygens (including phenoxy) is 2. The van der Waals surface area contributed by atoms with Gasteiger partial charge in [0.15, 0.2) is 0 Å². The van der Waals surface area contributed by atoms with Gasteiger partial charge in [-0.1, -0.05) is 42.5 Å². The van der Waals surface area contributed by atoms with Gasteiger partial charge in [-0.2, -0.15) is 13.2 Å². The quantitative estimate of drug-likeness (QED) is 0.229. The molecule has 0 unspecified atom stereocenters. The Balaban J connectivity index is 1.52. The lowest BCUT2D eigenvalue weighted by Crippen LogP contribution is -2.11. The van der Waals surface area contributed by atoms with Crippen LogP contribution < -0.4 is 20.9 Å². The number of hydrogen-bond acceptors (Lipinski definition) is 4. The Kier molecular flexibility index (Phi) is 7.76. The second-order valence-corrected chi connectivity index (χ2v) is 9.29. The molecule has 8 heteroatoms. The summed E-state index contributed by atoms with van der Waals surface area (Å²) >= 11 is 0. The standard InChI is InChI=1S/C30H28F4N2O2/c1-29(2,31)25-13-3-19(17-35)15-27(25)37-23-9-5-21(6-10-23)22-7-11-24(12-8-22)38-28-16-20(18-36)4-14-26(28)30(32,33)34/h3-16H,17-18,35-36H2,1-2H3. The third kappa shape index (κ3) is 6.33. The fourth-order valence-corrected chi connectivity index (χ4v) is 3.97. The van der Waals surface area contributed by atoms with E-state index in [1.54, 1.807) is 54.6 Å². The van der Waals surface area contributed by atoms with Gasteiger partial charge >= 0.3 is 6.18 Å². The third-order valence-corrected chi connectivity index (χ3v) is 6.01. The van der Waals surface area contributed by atoms with Crippen molar-refractivity contribution in [3.05, 3.63) is 107 Å². The molecule has 0 atom stereocenters. The van der Waals surface area contributed by atoms with E-state index in [1.807, 2.05) is 12.1 Å². The first kappa shape index (κ1) is 27.2. The lowest BCUT2D eigenvalue weighted by Gasteiger charge is -2.20. The van der Waals surface area contributed by atoms with E-state index in [1.165, 1.54) is 26.0 Å². The maximum absolute atomic E-state index is 14.7. The molecule has 0 radical (unpaired) electrons. The Hall–Kier alpha value is -3.88. The molecule has 0 saturated carbocycles. The van der Waals surface area contributed by atoms with Gasteiger partial charge < -0.3 is 20.9 Å². The Morgan fingerprint density at radius 2 is 0.974 bits per heavy atom. The second kappa shape index (κ2) is 10.8. The normalized spacial score (nSPS) is 11.9. The van der Waals surface area contributed by atoms with Crippen molar-refractivity contribution in [2.75, 3.05) is 0 Å². The van der Waals surface area contributed by atoms with E-state index in [4.69, 9.17) is 20.9 Å². The Bertz CT molecular complexity index is 1290. The van der Waals surface area contributed by atoms with Crippen LogP contribution >= 0.6 is 0 Å². The molecule has 0 aromatic heterocycles. The summed E-state index contributed by atoms with van der Waals surface area (Å²) < 4.78 is 66.5. The van der Waals surface area contributed by atoms with E-state index in [0.29, 0.717) is 29.2 Å². The van der Waals surface area contributed by atoms with Crippen LogP contribution in [0.25, 0.3) is 11.1 Å². The molecule has 4 aromatic rings. The molecule has 0 aliphatic heterocycles. The van der Waals surface area contributed by atoms with Crippen molar-refractivity contribution in [1.29, 1.82) is 0 Å². The van der Waals surface area contributed by atoms with E-state index in [-0.39, 0.29) is 18.0 Å². The molecule has 4 N–H and O–H groups in total. The van der Waals surface area contributed by atoms with E-state index < -0.39 is 17.4 Å². The van der Waals surface area contributed by atoms with Crippen LogP contribution in [0.3, 0.4) is 0 Å². The van der Waals surface area contributed by atoms with E-state index in [2.05, 4.69) is 0 Å². The maximum Gasteiger partial charge on any atom is 0.419 e. The molecule has 0 amide bonds. The lowest BCUT2D eigenvalue weighted by molar-refractivity contribution is -0.138. The highest BCUT2D eigenvalue weighted by molar-refractivity contribution is 5.65. The first-order valence-electron chi connectivity index (χ1n) is 12.0. The fraction of sp³-hybridized carbons (Fsp3) is 0.200. The van der Waals surface area contributed by atoms with Crippen molar-refractivity contribution in [3.8, 4) is 34.1 Å². The van der Waals surface area contributed by atoms with E-state index in [9.17, 15) is 17.6 Å². The highest BCUT2D eigenvalue weighted by atomic mass is 19.4. The van der Waals surface area contributed by atoms with Gasteiger partial charge in [0, 0.05) is 18.7 Å². The average molecular weight is 525 g/mol. The molecular weight excluding hydrogens is 496 g/mol. The van der Waals surface area contributed by atoms with Gasteiger partial charge in [0.1, 0.15) is 28.7 Å². The van der Waals surface area contributed by atoms with Crippen molar-refractivity contribution in [2.24, 2.45) is 11.5 Å². The monoisotopic (exact) mass is 524 g/mol. The summed E-state index contributed by atoms with van der Waals surface area (Å²) in [5.41, 5.74) is 12.3. The van der Waals surface area contributed by atoms with Gasteiger partial charge in [-0.05, 0) is 78.6 Å². The predicted molar refractivity (Wildman–Crippen MR) is 140 cm³/mol. The van der Waals surface area contributed by atoms with Crippen molar-refractivity contribution in [1.82, 2.24) is 0 Å². The number of hydrogen-bond donors (Lipinski definition) is 2. The minimum atomic E-state index is -4.56. The van der Waals surface area contributed by atoms with Crippen molar-refractivity contribution in [2.45, 2.75) is 38.8 Å². The van der Waals surface area contributed by atoms with Gasteiger partial charge in [0.05, 0.1) is 5.56 Å². The highest BCUT2D eigenvalue weighted by Crippen LogP contribution is 2.39. The molecular formula is C30H28F4N2O2. The zero-order valence-electron chi connectivity index (χ0n) is 21.0. The number of halogens is 4. The molecule has 4 rings (SSSR count). The average Bonchev–Trinajstić information content (AvgIpc) is 2.88. The number of nitrogens with two attached hydrogens (primary N) is 2. The van der Waals surface area contributed by atoms with Crippen LogP contribution in [0.5, 0.6) is 23.0 Å². The molecule has 0 bridgehead atoms. The van der Waals surface area contributed by atoms with Crippen LogP contribution in [0.15, 0.2) is 84.9 Å². The topological polar surface area (TPSA) is 70.5 Å². The first-order chi connectivity index (χ1) is 18.0. The first-order valence-corrected chi connectivity index (χ1v) is 12.0. The number of alkyl halides is 4. The molecule has 38 heavy (non-hydrogen) atoms. The number of benzene rings is 4. The van der Waals surface area contributed by atoms with Crippen LogP contribution in [0.4, 0.5) is 17.6 Å².